The van der Waals surface area contributed by atoms with Gasteiger partial charge in [0.1, 0.15) is 0 Å². The minimum absolute atomic E-state index is 0.328. The molecule has 0 amide bonds. The fraction of sp³-hybridized carbons (Fsp3) is 1.00. The van der Waals surface area contributed by atoms with Crippen LogP contribution in [0.5, 0.6) is 0 Å². The van der Waals surface area contributed by atoms with Crippen LogP contribution in [0.4, 0.5) is 0 Å². The summed E-state index contributed by atoms with van der Waals surface area (Å²) in [5.41, 5.74) is 0. The molecule has 0 heterocycles. The Morgan fingerprint density at radius 2 is 1.64 bits per heavy atom. The van der Waals surface area contributed by atoms with E-state index < -0.39 is 0 Å². The molecular formula is C11H25NO2. The van der Waals surface area contributed by atoms with E-state index in [0.717, 1.165) is 32.9 Å². The van der Waals surface area contributed by atoms with Gasteiger partial charge in [-0.05, 0) is 19.8 Å². The van der Waals surface area contributed by atoms with Crippen molar-refractivity contribution in [2.24, 2.45) is 5.92 Å². The Balaban J connectivity index is 2.92. The van der Waals surface area contributed by atoms with Crippen LogP contribution in [0.25, 0.3) is 0 Å². The molecule has 0 bridgehead atoms. The summed E-state index contributed by atoms with van der Waals surface area (Å²) in [6.07, 6.45) is 0.328. The molecular weight excluding hydrogens is 178 g/mol. The molecule has 3 nitrogen and oxygen atoms in total. The summed E-state index contributed by atoms with van der Waals surface area (Å²) < 4.78 is 10.8. The number of rotatable bonds is 9. The zero-order valence-electron chi connectivity index (χ0n) is 10.0. The van der Waals surface area contributed by atoms with E-state index in [1.54, 1.807) is 0 Å². The molecule has 1 N–H and O–H groups in total. The van der Waals surface area contributed by atoms with E-state index in [2.05, 4.69) is 19.2 Å². The van der Waals surface area contributed by atoms with Crippen molar-refractivity contribution in [3.05, 3.63) is 0 Å². The highest BCUT2D eigenvalue weighted by molar-refractivity contribution is 4.47. The molecule has 0 saturated heterocycles. The van der Waals surface area contributed by atoms with E-state index in [9.17, 15) is 0 Å². The lowest BCUT2D eigenvalue weighted by molar-refractivity contribution is 0.0767. The van der Waals surface area contributed by atoms with Gasteiger partial charge in [-0.2, -0.15) is 0 Å². The first kappa shape index (κ1) is 13.9. The van der Waals surface area contributed by atoms with E-state index in [-0.39, 0.29) is 0 Å². The van der Waals surface area contributed by atoms with E-state index in [4.69, 9.17) is 9.47 Å². The second-order valence-electron chi connectivity index (χ2n) is 4.14. The van der Waals surface area contributed by atoms with Gasteiger partial charge in [0, 0.05) is 19.7 Å². The Morgan fingerprint density at radius 3 is 2.21 bits per heavy atom. The number of hydrogen-bond acceptors (Lipinski definition) is 3. The maximum Gasteiger partial charge on any atom is 0.0594 e. The average molecular weight is 203 g/mol. The van der Waals surface area contributed by atoms with Crippen molar-refractivity contribution in [1.82, 2.24) is 5.32 Å². The lowest BCUT2D eigenvalue weighted by atomic mass is 10.2. The quantitative estimate of drug-likeness (QED) is 0.578. The summed E-state index contributed by atoms with van der Waals surface area (Å²) in [7, 11) is 0. The first-order valence-electron chi connectivity index (χ1n) is 5.53. The largest absolute Gasteiger partial charge is 0.380 e. The van der Waals surface area contributed by atoms with Crippen molar-refractivity contribution < 1.29 is 9.47 Å². The Morgan fingerprint density at radius 1 is 1.00 bits per heavy atom. The molecule has 0 rings (SSSR count). The van der Waals surface area contributed by atoms with Crippen LogP contribution in [0.1, 0.15) is 27.7 Å². The fourth-order valence-corrected chi connectivity index (χ4v) is 0.955. The molecule has 14 heavy (non-hydrogen) atoms. The van der Waals surface area contributed by atoms with E-state index in [0.29, 0.717) is 12.0 Å². The third-order valence-electron chi connectivity index (χ3n) is 1.60. The molecule has 0 aromatic heterocycles. The van der Waals surface area contributed by atoms with Crippen molar-refractivity contribution in [3.8, 4) is 0 Å². The lowest BCUT2D eigenvalue weighted by Crippen LogP contribution is -2.25. The highest BCUT2D eigenvalue weighted by Crippen LogP contribution is 1.91. The van der Waals surface area contributed by atoms with Crippen LogP contribution < -0.4 is 5.32 Å². The predicted octanol–water partition coefficient (Wildman–Crippen LogP) is 1.67. The Kier molecular flexibility index (Phi) is 9.35. The number of ether oxygens (including phenoxy) is 2. The standard InChI is InChI=1S/C11H25NO2/c1-10(2)9-13-7-5-12-6-8-14-11(3)4/h10-12H,5-9H2,1-4H3. The van der Waals surface area contributed by atoms with Crippen LogP contribution in [0.15, 0.2) is 0 Å². The zero-order valence-corrected chi connectivity index (χ0v) is 10.0. The summed E-state index contributed by atoms with van der Waals surface area (Å²) in [4.78, 5) is 0. The van der Waals surface area contributed by atoms with E-state index in [1.807, 2.05) is 13.8 Å². The summed E-state index contributed by atoms with van der Waals surface area (Å²) >= 11 is 0. The molecule has 0 fully saturated rings. The highest BCUT2D eigenvalue weighted by atomic mass is 16.5. The van der Waals surface area contributed by atoms with Gasteiger partial charge in [0.05, 0.1) is 19.3 Å². The molecule has 0 aliphatic heterocycles. The van der Waals surface area contributed by atoms with Crippen LogP contribution in [-0.2, 0) is 9.47 Å². The van der Waals surface area contributed by atoms with Gasteiger partial charge in [-0.15, -0.1) is 0 Å². The van der Waals surface area contributed by atoms with Crippen LogP contribution in [0, 0.1) is 5.92 Å². The smallest absolute Gasteiger partial charge is 0.0594 e. The summed E-state index contributed by atoms with van der Waals surface area (Å²) in [5, 5.41) is 3.26. The van der Waals surface area contributed by atoms with Gasteiger partial charge >= 0.3 is 0 Å². The number of hydrogen-bond donors (Lipinski definition) is 1. The lowest BCUT2D eigenvalue weighted by Gasteiger charge is -2.09. The van der Waals surface area contributed by atoms with Crippen molar-refractivity contribution >= 4 is 0 Å². The van der Waals surface area contributed by atoms with Crippen LogP contribution in [0.3, 0.4) is 0 Å². The minimum atomic E-state index is 0.328. The summed E-state index contributed by atoms with van der Waals surface area (Å²) in [5.74, 6) is 0.624. The van der Waals surface area contributed by atoms with Crippen molar-refractivity contribution in [3.63, 3.8) is 0 Å². The zero-order chi connectivity index (χ0) is 10.8. The Hall–Kier alpha value is -0.120. The van der Waals surface area contributed by atoms with Gasteiger partial charge in [0.25, 0.3) is 0 Å². The van der Waals surface area contributed by atoms with Crippen molar-refractivity contribution in [2.75, 3.05) is 32.9 Å². The van der Waals surface area contributed by atoms with Gasteiger partial charge in [-0.1, -0.05) is 13.8 Å². The first-order valence-corrected chi connectivity index (χ1v) is 5.53. The Labute approximate surface area is 88.2 Å². The topological polar surface area (TPSA) is 30.5 Å². The van der Waals surface area contributed by atoms with Crippen LogP contribution in [-0.4, -0.2) is 39.0 Å². The molecule has 0 aliphatic carbocycles. The molecule has 0 aromatic rings. The molecule has 0 unspecified atom stereocenters. The van der Waals surface area contributed by atoms with Crippen LogP contribution >= 0.6 is 0 Å². The Bertz CT molecular complexity index is 102. The van der Waals surface area contributed by atoms with E-state index in [1.165, 1.54) is 0 Å². The molecule has 0 aliphatic rings. The summed E-state index contributed by atoms with van der Waals surface area (Å²) in [6.45, 7) is 12.6. The average Bonchev–Trinajstić information content (AvgIpc) is 2.08. The molecule has 0 atom stereocenters. The van der Waals surface area contributed by atoms with Gasteiger partial charge in [-0.3, -0.25) is 0 Å². The SMILES string of the molecule is CC(C)COCCNCCOC(C)C. The van der Waals surface area contributed by atoms with Gasteiger partial charge in [0.2, 0.25) is 0 Å². The minimum Gasteiger partial charge on any atom is -0.380 e. The monoisotopic (exact) mass is 203 g/mol. The predicted molar refractivity (Wildman–Crippen MR) is 59.6 cm³/mol. The molecule has 0 aromatic carbocycles. The van der Waals surface area contributed by atoms with Gasteiger partial charge in [-0.25, -0.2) is 0 Å². The first-order chi connectivity index (χ1) is 6.63. The fourth-order valence-electron chi connectivity index (χ4n) is 0.955. The third-order valence-corrected chi connectivity index (χ3v) is 1.60. The van der Waals surface area contributed by atoms with Crippen LogP contribution in [0.2, 0.25) is 0 Å². The second-order valence-corrected chi connectivity index (χ2v) is 4.14. The van der Waals surface area contributed by atoms with Gasteiger partial charge < -0.3 is 14.8 Å². The van der Waals surface area contributed by atoms with Crippen molar-refractivity contribution in [1.29, 1.82) is 0 Å². The molecule has 0 saturated carbocycles. The van der Waals surface area contributed by atoms with Gasteiger partial charge in [0.15, 0.2) is 0 Å². The maximum atomic E-state index is 5.42. The molecule has 0 spiro atoms. The maximum absolute atomic E-state index is 5.42. The molecule has 86 valence electrons. The molecule has 3 heteroatoms. The number of nitrogens with one attached hydrogen (secondary N) is 1. The normalized spacial score (nSPS) is 11.6. The third kappa shape index (κ3) is 11.9. The summed E-state index contributed by atoms with van der Waals surface area (Å²) in [6, 6.07) is 0. The van der Waals surface area contributed by atoms with E-state index >= 15 is 0 Å². The highest BCUT2D eigenvalue weighted by Gasteiger charge is 1.94. The second kappa shape index (κ2) is 9.44. The molecule has 0 radical (unpaired) electrons. The van der Waals surface area contributed by atoms with Crippen molar-refractivity contribution in [2.45, 2.75) is 33.8 Å².